The molecule has 0 aliphatic carbocycles. The molecule has 19 heavy (non-hydrogen) atoms. The second kappa shape index (κ2) is 6.06. The van der Waals surface area contributed by atoms with E-state index in [9.17, 15) is 4.79 Å². The Labute approximate surface area is 110 Å². The van der Waals surface area contributed by atoms with E-state index in [2.05, 4.69) is 5.32 Å². The molecule has 0 aliphatic rings. The van der Waals surface area contributed by atoms with E-state index in [1.165, 1.54) is 6.07 Å². The Bertz CT molecular complexity index is 562. The van der Waals surface area contributed by atoms with Crippen LogP contribution < -0.4 is 10.1 Å². The van der Waals surface area contributed by atoms with Crippen LogP contribution >= 0.6 is 0 Å². The first-order valence-corrected chi connectivity index (χ1v) is 5.87. The Morgan fingerprint density at radius 2 is 2.21 bits per heavy atom. The van der Waals surface area contributed by atoms with Crippen LogP contribution in [0.3, 0.4) is 0 Å². The highest BCUT2D eigenvalue weighted by Gasteiger charge is 2.09. The molecular formula is C14H15NO4. The summed E-state index contributed by atoms with van der Waals surface area (Å²) in [6.45, 7) is 0.970. The summed E-state index contributed by atoms with van der Waals surface area (Å²) in [7, 11) is 1.88. The Morgan fingerprint density at radius 3 is 2.89 bits per heavy atom. The molecule has 2 aromatic rings. The van der Waals surface area contributed by atoms with E-state index in [0.717, 1.165) is 17.9 Å². The number of carbonyl (C=O) groups is 1. The van der Waals surface area contributed by atoms with Gasteiger partial charge in [-0.3, -0.25) is 0 Å². The summed E-state index contributed by atoms with van der Waals surface area (Å²) in [5, 5.41) is 11.8. The molecule has 0 aliphatic heterocycles. The van der Waals surface area contributed by atoms with Gasteiger partial charge in [0.25, 0.3) is 0 Å². The van der Waals surface area contributed by atoms with Gasteiger partial charge in [-0.15, -0.1) is 0 Å². The van der Waals surface area contributed by atoms with Crippen molar-refractivity contribution in [2.45, 2.75) is 13.2 Å². The van der Waals surface area contributed by atoms with Crippen molar-refractivity contribution in [3.63, 3.8) is 0 Å². The molecule has 0 saturated heterocycles. The fourth-order valence-electron chi connectivity index (χ4n) is 1.67. The van der Waals surface area contributed by atoms with Gasteiger partial charge in [-0.25, -0.2) is 4.79 Å². The van der Waals surface area contributed by atoms with Crippen LogP contribution in [0.15, 0.2) is 40.8 Å². The smallest absolute Gasteiger partial charge is 0.371 e. The van der Waals surface area contributed by atoms with E-state index in [1.807, 2.05) is 31.3 Å². The number of furan rings is 1. The standard InChI is InChI=1S/C14H15NO4/c1-15-8-10-3-2-4-11(7-10)18-9-12-5-6-13(19-12)14(16)17/h2-7,15H,8-9H2,1H3,(H,16,17). The molecule has 2 rings (SSSR count). The van der Waals surface area contributed by atoms with Crippen molar-refractivity contribution in [3.05, 3.63) is 53.5 Å². The molecule has 0 atom stereocenters. The topological polar surface area (TPSA) is 71.7 Å². The van der Waals surface area contributed by atoms with Crippen LogP contribution in [0.25, 0.3) is 0 Å². The molecule has 0 fully saturated rings. The van der Waals surface area contributed by atoms with E-state index < -0.39 is 5.97 Å². The third kappa shape index (κ3) is 3.59. The number of nitrogens with one attached hydrogen (secondary N) is 1. The molecular weight excluding hydrogens is 246 g/mol. The number of rotatable bonds is 6. The lowest BCUT2D eigenvalue weighted by molar-refractivity contribution is 0.0658. The van der Waals surface area contributed by atoms with Gasteiger partial charge < -0.3 is 19.6 Å². The summed E-state index contributed by atoms with van der Waals surface area (Å²) < 4.78 is 10.7. The van der Waals surface area contributed by atoms with Gasteiger partial charge in [-0.05, 0) is 36.9 Å². The summed E-state index contributed by atoms with van der Waals surface area (Å²) in [6, 6.07) is 10.7. The van der Waals surface area contributed by atoms with Gasteiger partial charge in [-0.1, -0.05) is 12.1 Å². The first-order valence-electron chi connectivity index (χ1n) is 5.87. The van der Waals surface area contributed by atoms with Crippen LogP contribution in [-0.2, 0) is 13.2 Å². The van der Waals surface area contributed by atoms with Gasteiger partial charge in [0.2, 0.25) is 5.76 Å². The van der Waals surface area contributed by atoms with Gasteiger partial charge in [0.05, 0.1) is 0 Å². The van der Waals surface area contributed by atoms with Gasteiger partial charge >= 0.3 is 5.97 Å². The molecule has 2 N–H and O–H groups in total. The van der Waals surface area contributed by atoms with Gasteiger partial charge in [0, 0.05) is 6.54 Å². The molecule has 0 spiro atoms. The molecule has 5 heteroatoms. The highest BCUT2D eigenvalue weighted by atomic mass is 16.5. The van der Waals surface area contributed by atoms with Crippen LogP contribution in [0.4, 0.5) is 0 Å². The third-order valence-corrected chi connectivity index (χ3v) is 2.53. The normalized spacial score (nSPS) is 10.4. The zero-order chi connectivity index (χ0) is 13.7. The minimum absolute atomic E-state index is 0.0810. The number of carboxylic acid groups (broad SMARTS) is 1. The van der Waals surface area contributed by atoms with Crippen molar-refractivity contribution < 1.29 is 19.1 Å². The summed E-state index contributed by atoms with van der Waals surface area (Å²) in [4.78, 5) is 10.7. The Balaban J connectivity index is 1.97. The lowest BCUT2D eigenvalue weighted by atomic mass is 10.2. The molecule has 0 unspecified atom stereocenters. The Hall–Kier alpha value is -2.27. The zero-order valence-corrected chi connectivity index (χ0v) is 10.6. The first-order chi connectivity index (χ1) is 9.19. The van der Waals surface area contributed by atoms with Crippen molar-refractivity contribution in [1.82, 2.24) is 5.32 Å². The van der Waals surface area contributed by atoms with E-state index in [0.29, 0.717) is 5.76 Å². The third-order valence-electron chi connectivity index (χ3n) is 2.53. The summed E-state index contributed by atoms with van der Waals surface area (Å²) >= 11 is 0. The van der Waals surface area contributed by atoms with E-state index in [4.69, 9.17) is 14.3 Å². The van der Waals surface area contributed by atoms with Crippen LogP contribution in [0.1, 0.15) is 21.9 Å². The predicted molar refractivity (Wildman–Crippen MR) is 69.2 cm³/mol. The molecule has 1 aromatic carbocycles. The van der Waals surface area contributed by atoms with Gasteiger partial charge in [0.15, 0.2) is 0 Å². The maximum atomic E-state index is 10.7. The second-order valence-electron chi connectivity index (χ2n) is 4.04. The number of hydrogen-bond donors (Lipinski definition) is 2. The molecule has 0 saturated carbocycles. The van der Waals surface area contributed by atoms with E-state index in [1.54, 1.807) is 6.07 Å². The van der Waals surface area contributed by atoms with Crippen molar-refractivity contribution >= 4 is 5.97 Å². The molecule has 1 aromatic heterocycles. The van der Waals surface area contributed by atoms with Crippen LogP contribution in [0.2, 0.25) is 0 Å². The molecule has 0 bridgehead atoms. The largest absolute Gasteiger partial charge is 0.486 e. The lowest BCUT2D eigenvalue weighted by Crippen LogP contribution is -2.05. The maximum Gasteiger partial charge on any atom is 0.371 e. The van der Waals surface area contributed by atoms with E-state index >= 15 is 0 Å². The monoisotopic (exact) mass is 261 g/mol. The molecule has 100 valence electrons. The van der Waals surface area contributed by atoms with Gasteiger partial charge in [0.1, 0.15) is 18.1 Å². The number of carboxylic acids is 1. The van der Waals surface area contributed by atoms with Crippen LogP contribution in [0.5, 0.6) is 5.75 Å². The summed E-state index contributed by atoms with van der Waals surface area (Å²) in [6.07, 6.45) is 0. The summed E-state index contributed by atoms with van der Waals surface area (Å²) in [5.41, 5.74) is 1.12. The van der Waals surface area contributed by atoms with E-state index in [-0.39, 0.29) is 12.4 Å². The van der Waals surface area contributed by atoms with Crippen LogP contribution in [-0.4, -0.2) is 18.1 Å². The number of ether oxygens (including phenoxy) is 1. The quantitative estimate of drug-likeness (QED) is 0.834. The summed E-state index contributed by atoms with van der Waals surface area (Å²) in [5.74, 6) is 0.0437. The highest BCUT2D eigenvalue weighted by molar-refractivity contribution is 5.84. The fraction of sp³-hybridized carbons (Fsp3) is 0.214. The van der Waals surface area contributed by atoms with Gasteiger partial charge in [-0.2, -0.15) is 0 Å². The number of hydrogen-bond acceptors (Lipinski definition) is 4. The van der Waals surface area contributed by atoms with Crippen molar-refractivity contribution in [3.8, 4) is 5.75 Å². The molecule has 0 amide bonds. The average Bonchev–Trinajstić information content (AvgIpc) is 2.86. The Morgan fingerprint density at radius 1 is 1.37 bits per heavy atom. The lowest BCUT2D eigenvalue weighted by Gasteiger charge is -2.06. The van der Waals surface area contributed by atoms with Crippen molar-refractivity contribution in [2.75, 3.05) is 7.05 Å². The fourth-order valence-corrected chi connectivity index (χ4v) is 1.67. The average molecular weight is 261 g/mol. The SMILES string of the molecule is CNCc1cccc(OCc2ccc(C(=O)O)o2)c1. The predicted octanol–water partition coefficient (Wildman–Crippen LogP) is 2.28. The second-order valence-corrected chi connectivity index (χ2v) is 4.04. The van der Waals surface area contributed by atoms with Crippen molar-refractivity contribution in [2.24, 2.45) is 0 Å². The number of benzene rings is 1. The number of aromatic carboxylic acids is 1. The minimum atomic E-state index is -1.08. The Kier molecular flexibility index (Phi) is 4.20. The minimum Gasteiger partial charge on any atom is -0.486 e. The first kappa shape index (κ1) is 13.2. The zero-order valence-electron chi connectivity index (χ0n) is 10.6. The molecule has 1 heterocycles. The van der Waals surface area contributed by atoms with Crippen LogP contribution in [0, 0.1) is 0 Å². The highest BCUT2D eigenvalue weighted by Crippen LogP contribution is 2.16. The van der Waals surface area contributed by atoms with Crippen molar-refractivity contribution in [1.29, 1.82) is 0 Å². The molecule has 5 nitrogen and oxygen atoms in total. The molecule has 0 radical (unpaired) electrons. The maximum absolute atomic E-state index is 10.7.